The Balaban J connectivity index is 1.19. The fraction of sp³-hybridized carbons (Fsp3) is 0.333. The lowest BCUT2D eigenvalue weighted by Gasteiger charge is -2.42. The van der Waals surface area contributed by atoms with Crippen LogP contribution in [0.2, 0.25) is 0 Å². The van der Waals surface area contributed by atoms with Crippen molar-refractivity contribution in [2.75, 3.05) is 26.7 Å². The number of piperidine rings is 1. The topological polar surface area (TPSA) is 124 Å². The van der Waals surface area contributed by atoms with E-state index >= 15 is 0 Å². The van der Waals surface area contributed by atoms with E-state index in [1.807, 2.05) is 10.6 Å². The molecule has 206 valence electrons. The number of aromatic nitrogens is 1. The van der Waals surface area contributed by atoms with Gasteiger partial charge in [0.2, 0.25) is 22.8 Å². The summed E-state index contributed by atoms with van der Waals surface area (Å²) in [5, 5.41) is 2.74. The Morgan fingerprint density at radius 2 is 1.82 bits per heavy atom. The zero-order valence-electron chi connectivity index (χ0n) is 22.3. The van der Waals surface area contributed by atoms with Crippen LogP contribution >= 0.6 is 0 Å². The smallest absolute Gasteiger partial charge is 0.250 e. The molecule has 40 heavy (non-hydrogen) atoms. The Morgan fingerprint density at radius 3 is 2.60 bits per heavy atom. The van der Waals surface area contributed by atoms with Crippen molar-refractivity contribution in [3.8, 4) is 17.1 Å². The number of nitrogens with one attached hydrogen (secondary N) is 1. The number of carbonyl (C=O) groups excluding carboxylic acids is 2. The van der Waals surface area contributed by atoms with Gasteiger partial charge in [0.25, 0.3) is 5.56 Å². The first kappa shape index (κ1) is 25.7. The van der Waals surface area contributed by atoms with Gasteiger partial charge in [-0.1, -0.05) is 6.07 Å². The number of hydrogen-bond acceptors (Lipinski definition) is 7. The fourth-order valence-corrected chi connectivity index (χ4v) is 5.91. The summed E-state index contributed by atoms with van der Waals surface area (Å²) in [7, 11) is 1.56. The van der Waals surface area contributed by atoms with E-state index in [2.05, 4.69) is 5.32 Å². The predicted octanol–water partition coefficient (Wildman–Crippen LogP) is 2.84. The summed E-state index contributed by atoms with van der Waals surface area (Å²) in [6.07, 6.45) is 0.793. The monoisotopic (exact) mass is 543 g/mol. The van der Waals surface area contributed by atoms with Crippen LogP contribution < -0.4 is 21.0 Å². The maximum atomic E-state index is 13.1. The van der Waals surface area contributed by atoms with Crippen LogP contribution in [0, 0.1) is 12.8 Å². The summed E-state index contributed by atoms with van der Waals surface area (Å²) in [5.41, 5.74) is 1.95. The lowest BCUT2D eigenvalue weighted by Crippen LogP contribution is -2.51. The van der Waals surface area contributed by atoms with Crippen LogP contribution in [0.1, 0.15) is 29.4 Å². The summed E-state index contributed by atoms with van der Waals surface area (Å²) in [6, 6.07) is 13.7. The molecule has 1 fully saturated rings. The number of aryl methyl sites for hydroxylation is 1. The molecule has 2 unspecified atom stereocenters. The summed E-state index contributed by atoms with van der Waals surface area (Å²) in [5.74, 6) is 1.12. The molecule has 1 N–H and O–H groups in total. The number of rotatable bonds is 6. The number of carbonyl (C=O) groups is 2. The minimum absolute atomic E-state index is 0.00829. The number of ether oxygens (including phenoxy) is 1. The molecule has 0 saturated carbocycles. The van der Waals surface area contributed by atoms with Crippen molar-refractivity contribution in [2.45, 2.75) is 32.2 Å². The molecule has 2 amide bonds. The SMILES string of the molecule is COc1ccc(-c2oc3c(=O)cc(C)oc3c2CC(=O)NCC(=O)N2CC3CC(C2)c2cccc(=O)n2C3)cc1. The molecule has 10 heteroatoms. The second kappa shape index (κ2) is 10.2. The average Bonchev–Trinajstić information content (AvgIpc) is 3.30. The van der Waals surface area contributed by atoms with Gasteiger partial charge < -0.3 is 28.4 Å². The molecule has 1 saturated heterocycles. The number of nitrogens with zero attached hydrogens (tertiary/aromatic N) is 2. The molecule has 2 bridgehead atoms. The van der Waals surface area contributed by atoms with Crippen molar-refractivity contribution in [1.29, 1.82) is 0 Å². The van der Waals surface area contributed by atoms with Crippen LogP contribution in [0.3, 0.4) is 0 Å². The Morgan fingerprint density at radius 1 is 1.02 bits per heavy atom. The lowest BCUT2D eigenvalue weighted by molar-refractivity contribution is -0.135. The predicted molar refractivity (Wildman–Crippen MR) is 146 cm³/mol. The number of methoxy groups -OCH3 is 1. The number of benzene rings is 1. The van der Waals surface area contributed by atoms with Gasteiger partial charge in [0.15, 0.2) is 5.58 Å². The zero-order chi connectivity index (χ0) is 28.0. The van der Waals surface area contributed by atoms with Gasteiger partial charge in [0.05, 0.1) is 25.6 Å². The number of fused-ring (bicyclic) bond motifs is 5. The van der Waals surface area contributed by atoms with Gasteiger partial charge in [-0.05, 0) is 49.6 Å². The van der Waals surface area contributed by atoms with Gasteiger partial charge in [0.1, 0.15) is 17.3 Å². The van der Waals surface area contributed by atoms with E-state index in [0.717, 1.165) is 12.1 Å². The molecular formula is C30H29N3O7. The zero-order valence-corrected chi connectivity index (χ0v) is 22.3. The van der Waals surface area contributed by atoms with Crippen LogP contribution in [0.4, 0.5) is 0 Å². The number of pyridine rings is 1. The molecule has 10 nitrogen and oxygen atoms in total. The van der Waals surface area contributed by atoms with E-state index < -0.39 is 5.91 Å². The quantitative estimate of drug-likeness (QED) is 0.397. The molecule has 3 aromatic heterocycles. The van der Waals surface area contributed by atoms with Gasteiger partial charge in [-0.15, -0.1) is 0 Å². The first-order chi connectivity index (χ1) is 19.3. The Hall–Kier alpha value is -4.60. The first-order valence-electron chi connectivity index (χ1n) is 13.3. The van der Waals surface area contributed by atoms with Crippen molar-refractivity contribution in [2.24, 2.45) is 5.92 Å². The van der Waals surface area contributed by atoms with E-state index in [1.54, 1.807) is 55.3 Å². The summed E-state index contributed by atoms with van der Waals surface area (Å²) in [4.78, 5) is 52.9. The maximum absolute atomic E-state index is 13.1. The molecule has 0 spiro atoms. The van der Waals surface area contributed by atoms with Gasteiger partial charge in [-0.3, -0.25) is 19.2 Å². The van der Waals surface area contributed by atoms with Gasteiger partial charge in [0, 0.05) is 48.9 Å². The van der Waals surface area contributed by atoms with Crippen LogP contribution in [-0.2, 0) is 22.6 Å². The highest BCUT2D eigenvalue weighted by Gasteiger charge is 2.36. The fourth-order valence-electron chi connectivity index (χ4n) is 5.91. The summed E-state index contributed by atoms with van der Waals surface area (Å²) >= 11 is 0. The Labute approximate surface area is 229 Å². The Kier molecular flexibility index (Phi) is 6.53. The van der Waals surface area contributed by atoms with Crippen LogP contribution in [-0.4, -0.2) is 48.0 Å². The van der Waals surface area contributed by atoms with Crippen molar-refractivity contribution in [1.82, 2.24) is 14.8 Å². The second-order valence-electron chi connectivity index (χ2n) is 10.5. The van der Waals surface area contributed by atoms with E-state index in [9.17, 15) is 19.2 Å². The van der Waals surface area contributed by atoms with Crippen molar-refractivity contribution >= 4 is 23.0 Å². The molecular weight excluding hydrogens is 514 g/mol. The highest BCUT2D eigenvalue weighted by Crippen LogP contribution is 2.36. The second-order valence-corrected chi connectivity index (χ2v) is 10.5. The summed E-state index contributed by atoms with van der Waals surface area (Å²) in [6.45, 7) is 3.15. The molecule has 0 aliphatic carbocycles. The van der Waals surface area contributed by atoms with E-state index in [1.165, 1.54) is 6.07 Å². The third-order valence-corrected chi connectivity index (χ3v) is 7.74. The van der Waals surface area contributed by atoms with Crippen molar-refractivity contribution in [3.05, 3.63) is 86.1 Å². The van der Waals surface area contributed by atoms with Gasteiger partial charge in [-0.2, -0.15) is 0 Å². The number of amides is 2. The molecule has 2 aliphatic heterocycles. The normalized spacial score (nSPS) is 17.9. The standard InChI is InChI=1S/C30H29N3O7/c1-17-10-24(34)30-29(39-17)22(28(40-30)19-6-8-21(38-2)9-7-19)12-25(35)31-13-27(37)32-14-18-11-20(16-32)23-4-3-5-26(36)33(23)15-18/h3-10,18,20H,11-16H2,1-2H3,(H,31,35). The molecule has 6 rings (SSSR count). The van der Waals surface area contributed by atoms with Gasteiger partial charge >= 0.3 is 0 Å². The van der Waals surface area contributed by atoms with Crippen LogP contribution in [0.25, 0.3) is 22.5 Å². The number of furan rings is 1. The van der Waals surface area contributed by atoms with Crippen LogP contribution in [0.15, 0.2) is 67.0 Å². The lowest BCUT2D eigenvalue weighted by atomic mass is 9.83. The minimum atomic E-state index is -0.399. The van der Waals surface area contributed by atoms with E-state index in [0.29, 0.717) is 48.0 Å². The van der Waals surface area contributed by atoms with E-state index in [-0.39, 0.29) is 52.9 Å². The third-order valence-electron chi connectivity index (χ3n) is 7.74. The van der Waals surface area contributed by atoms with Crippen LogP contribution in [0.5, 0.6) is 5.75 Å². The molecule has 0 radical (unpaired) electrons. The first-order valence-corrected chi connectivity index (χ1v) is 13.3. The molecule has 5 heterocycles. The molecule has 2 aliphatic rings. The molecule has 4 aromatic rings. The number of hydrogen-bond donors (Lipinski definition) is 1. The molecule has 1 aromatic carbocycles. The summed E-state index contributed by atoms with van der Waals surface area (Å²) < 4.78 is 18.8. The highest BCUT2D eigenvalue weighted by molar-refractivity contribution is 5.91. The van der Waals surface area contributed by atoms with Crippen molar-refractivity contribution in [3.63, 3.8) is 0 Å². The minimum Gasteiger partial charge on any atom is -0.497 e. The van der Waals surface area contributed by atoms with Crippen molar-refractivity contribution < 1.29 is 23.2 Å². The van der Waals surface area contributed by atoms with Gasteiger partial charge in [-0.25, -0.2) is 0 Å². The maximum Gasteiger partial charge on any atom is 0.250 e. The largest absolute Gasteiger partial charge is 0.497 e. The average molecular weight is 544 g/mol. The third kappa shape index (κ3) is 4.70. The van der Waals surface area contributed by atoms with E-state index in [4.69, 9.17) is 13.6 Å². The Bertz CT molecular complexity index is 1730. The highest BCUT2D eigenvalue weighted by atomic mass is 16.5. The number of likely N-dealkylation sites (tertiary alicyclic amines) is 1. The molecule has 2 atom stereocenters.